The molecule has 0 aliphatic heterocycles. The molecular weight excluding hydrogens is 260 g/mol. The molecule has 0 heterocycles. The Morgan fingerprint density at radius 3 is 2.63 bits per heavy atom. The molecule has 2 unspecified atom stereocenters. The summed E-state index contributed by atoms with van der Waals surface area (Å²) >= 11 is 6.34. The summed E-state index contributed by atoms with van der Waals surface area (Å²) in [5.41, 5.74) is 8.19. The molecule has 2 N–H and O–H groups in total. The van der Waals surface area contributed by atoms with Crippen LogP contribution < -0.4 is 10.6 Å². The SMILES string of the molecule is CCC(N)Cc1ccc(N(C)C(C)COC)cc1Cl. The summed E-state index contributed by atoms with van der Waals surface area (Å²) < 4.78 is 5.18. The largest absolute Gasteiger partial charge is 0.383 e. The molecule has 1 aromatic carbocycles. The summed E-state index contributed by atoms with van der Waals surface area (Å²) in [7, 11) is 3.76. The minimum atomic E-state index is 0.175. The molecule has 0 aromatic heterocycles. The molecule has 0 spiro atoms. The van der Waals surface area contributed by atoms with E-state index in [-0.39, 0.29) is 6.04 Å². The molecule has 0 bridgehead atoms. The predicted octanol–water partition coefficient (Wildman–Crippen LogP) is 3.09. The fraction of sp³-hybridized carbons (Fsp3) is 0.600. The van der Waals surface area contributed by atoms with Crippen molar-refractivity contribution >= 4 is 17.3 Å². The van der Waals surface area contributed by atoms with E-state index >= 15 is 0 Å². The van der Waals surface area contributed by atoms with Crippen LogP contribution in [-0.2, 0) is 11.2 Å². The zero-order valence-corrected chi connectivity index (χ0v) is 13.1. The Bertz CT molecular complexity index is 398. The quantitative estimate of drug-likeness (QED) is 0.836. The zero-order valence-electron chi connectivity index (χ0n) is 12.3. The van der Waals surface area contributed by atoms with E-state index in [9.17, 15) is 0 Å². The Labute approximate surface area is 121 Å². The summed E-state index contributed by atoms with van der Waals surface area (Å²) in [5.74, 6) is 0. The van der Waals surface area contributed by atoms with Gasteiger partial charge in [-0.2, -0.15) is 0 Å². The number of likely N-dealkylation sites (N-methyl/N-ethyl adjacent to an activating group) is 1. The first-order valence-corrected chi connectivity index (χ1v) is 7.13. The van der Waals surface area contributed by atoms with Crippen LogP contribution in [0.2, 0.25) is 5.02 Å². The normalized spacial score (nSPS) is 14.2. The summed E-state index contributed by atoms with van der Waals surface area (Å²) in [5, 5.41) is 0.790. The Morgan fingerprint density at radius 2 is 2.11 bits per heavy atom. The van der Waals surface area contributed by atoms with Gasteiger partial charge in [0.2, 0.25) is 0 Å². The first-order valence-electron chi connectivity index (χ1n) is 6.75. The Morgan fingerprint density at radius 1 is 1.42 bits per heavy atom. The van der Waals surface area contributed by atoms with Gasteiger partial charge < -0.3 is 15.4 Å². The van der Waals surface area contributed by atoms with Gasteiger partial charge in [0.05, 0.1) is 6.61 Å². The second-order valence-electron chi connectivity index (χ2n) is 5.06. The molecule has 1 aromatic rings. The maximum atomic E-state index is 6.34. The van der Waals surface area contributed by atoms with Crippen LogP contribution in [0.4, 0.5) is 5.69 Å². The van der Waals surface area contributed by atoms with Crippen LogP contribution in [0.15, 0.2) is 18.2 Å². The van der Waals surface area contributed by atoms with E-state index in [1.807, 2.05) is 13.1 Å². The standard InChI is InChI=1S/C15H25ClN2O/c1-5-13(17)8-12-6-7-14(9-15(12)16)18(3)11(2)10-19-4/h6-7,9,11,13H,5,8,10,17H2,1-4H3. The third kappa shape index (κ3) is 4.68. The van der Waals surface area contributed by atoms with Crippen molar-refractivity contribution in [3.05, 3.63) is 28.8 Å². The first kappa shape index (κ1) is 16.3. The molecule has 108 valence electrons. The lowest BCUT2D eigenvalue weighted by atomic mass is 10.0. The van der Waals surface area contributed by atoms with Crippen molar-refractivity contribution in [3.63, 3.8) is 0 Å². The maximum absolute atomic E-state index is 6.34. The highest BCUT2D eigenvalue weighted by Gasteiger charge is 2.12. The number of halogens is 1. The van der Waals surface area contributed by atoms with Gasteiger partial charge in [0.25, 0.3) is 0 Å². The highest BCUT2D eigenvalue weighted by Crippen LogP contribution is 2.25. The van der Waals surface area contributed by atoms with Crippen LogP contribution in [-0.4, -0.2) is 32.8 Å². The van der Waals surface area contributed by atoms with Crippen molar-refractivity contribution in [2.75, 3.05) is 25.7 Å². The van der Waals surface area contributed by atoms with Crippen molar-refractivity contribution in [2.45, 2.75) is 38.8 Å². The first-order chi connectivity index (χ1) is 8.99. The van der Waals surface area contributed by atoms with Gasteiger partial charge in [-0.25, -0.2) is 0 Å². The lowest BCUT2D eigenvalue weighted by Crippen LogP contribution is -2.32. The predicted molar refractivity (Wildman–Crippen MR) is 83.2 cm³/mol. The second kappa shape index (κ2) is 7.73. The number of ether oxygens (including phenoxy) is 1. The Hall–Kier alpha value is -0.770. The Balaban J connectivity index is 2.81. The average molecular weight is 285 g/mol. The summed E-state index contributed by atoms with van der Waals surface area (Å²) in [6.45, 7) is 4.90. The number of methoxy groups -OCH3 is 1. The van der Waals surface area contributed by atoms with Gasteiger partial charge in [-0.05, 0) is 37.5 Å². The number of anilines is 1. The van der Waals surface area contributed by atoms with E-state index in [2.05, 4.69) is 30.9 Å². The molecular formula is C15H25ClN2O. The highest BCUT2D eigenvalue weighted by atomic mass is 35.5. The van der Waals surface area contributed by atoms with Crippen molar-refractivity contribution in [1.82, 2.24) is 0 Å². The molecule has 1 rings (SSSR count). The van der Waals surface area contributed by atoms with E-state index in [0.717, 1.165) is 29.1 Å². The fourth-order valence-corrected chi connectivity index (χ4v) is 2.21. The smallest absolute Gasteiger partial charge is 0.0663 e. The van der Waals surface area contributed by atoms with E-state index in [1.165, 1.54) is 0 Å². The highest BCUT2D eigenvalue weighted by molar-refractivity contribution is 6.31. The number of nitrogens with zero attached hydrogens (tertiary/aromatic N) is 1. The molecule has 0 aliphatic carbocycles. The van der Waals surface area contributed by atoms with Crippen LogP contribution in [0.3, 0.4) is 0 Å². The summed E-state index contributed by atoms with van der Waals surface area (Å²) in [4.78, 5) is 2.17. The molecule has 2 atom stereocenters. The van der Waals surface area contributed by atoms with Gasteiger partial charge in [0, 0.05) is 37.0 Å². The Kier molecular flexibility index (Phi) is 6.63. The monoisotopic (exact) mass is 284 g/mol. The molecule has 3 nitrogen and oxygen atoms in total. The number of hydrogen-bond acceptors (Lipinski definition) is 3. The number of rotatable bonds is 7. The summed E-state index contributed by atoms with van der Waals surface area (Å²) in [6, 6.07) is 6.66. The lowest BCUT2D eigenvalue weighted by molar-refractivity contribution is 0.183. The van der Waals surface area contributed by atoms with Gasteiger partial charge in [-0.1, -0.05) is 24.6 Å². The van der Waals surface area contributed by atoms with Crippen LogP contribution in [0.5, 0.6) is 0 Å². The topological polar surface area (TPSA) is 38.5 Å². The van der Waals surface area contributed by atoms with E-state index in [0.29, 0.717) is 12.6 Å². The lowest BCUT2D eigenvalue weighted by Gasteiger charge is -2.27. The van der Waals surface area contributed by atoms with Crippen LogP contribution in [0, 0.1) is 0 Å². The van der Waals surface area contributed by atoms with Crippen molar-refractivity contribution in [2.24, 2.45) is 5.73 Å². The van der Waals surface area contributed by atoms with Crippen molar-refractivity contribution < 1.29 is 4.74 Å². The van der Waals surface area contributed by atoms with Crippen LogP contribution in [0.25, 0.3) is 0 Å². The molecule has 0 saturated heterocycles. The van der Waals surface area contributed by atoms with Crippen molar-refractivity contribution in [3.8, 4) is 0 Å². The minimum Gasteiger partial charge on any atom is -0.383 e. The third-order valence-electron chi connectivity index (χ3n) is 3.52. The molecule has 19 heavy (non-hydrogen) atoms. The molecule has 0 radical (unpaired) electrons. The van der Waals surface area contributed by atoms with Gasteiger partial charge in [0.15, 0.2) is 0 Å². The van der Waals surface area contributed by atoms with Gasteiger partial charge in [-0.3, -0.25) is 0 Å². The third-order valence-corrected chi connectivity index (χ3v) is 3.87. The molecule has 0 aliphatic rings. The summed E-state index contributed by atoms with van der Waals surface area (Å²) in [6.07, 6.45) is 1.79. The zero-order chi connectivity index (χ0) is 14.4. The van der Waals surface area contributed by atoms with E-state index in [1.54, 1.807) is 7.11 Å². The number of benzene rings is 1. The molecule has 0 saturated carbocycles. The second-order valence-corrected chi connectivity index (χ2v) is 5.47. The minimum absolute atomic E-state index is 0.175. The average Bonchev–Trinajstić information content (AvgIpc) is 2.40. The molecule has 4 heteroatoms. The van der Waals surface area contributed by atoms with Gasteiger partial charge in [-0.15, -0.1) is 0 Å². The van der Waals surface area contributed by atoms with Crippen LogP contribution in [0.1, 0.15) is 25.8 Å². The van der Waals surface area contributed by atoms with Gasteiger partial charge in [0.1, 0.15) is 0 Å². The van der Waals surface area contributed by atoms with E-state index in [4.69, 9.17) is 22.1 Å². The van der Waals surface area contributed by atoms with Crippen molar-refractivity contribution in [1.29, 1.82) is 0 Å². The number of nitrogens with two attached hydrogens (primary N) is 1. The fourth-order valence-electron chi connectivity index (χ4n) is 1.96. The molecule has 0 fully saturated rings. The number of hydrogen-bond donors (Lipinski definition) is 1. The maximum Gasteiger partial charge on any atom is 0.0663 e. The van der Waals surface area contributed by atoms with Crippen LogP contribution >= 0.6 is 11.6 Å². The van der Waals surface area contributed by atoms with E-state index < -0.39 is 0 Å². The molecule has 0 amide bonds. The van der Waals surface area contributed by atoms with Gasteiger partial charge >= 0.3 is 0 Å².